The van der Waals surface area contributed by atoms with Gasteiger partial charge in [0, 0.05) is 17.3 Å². The Bertz CT molecular complexity index is 841. The lowest BCUT2D eigenvalue weighted by molar-refractivity contribution is -0.110. The van der Waals surface area contributed by atoms with Crippen LogP contribution in [0.25, 0.3) is 11.6 Å². The SMILES string of the molecule is CC.COc1cc[nH]c1/C=C1\C(=O)Nc2cccc(C#CCNO)c21. The highest BCUT2D eigenvalue weighted by Crippen LogP contribution is 2.36. The fourth-order valence-electron chi connectivity index (χ4n) is 2.47. The Morgan fingerprint density at radius 3 is 2.84 bits per heavy atom. The molecule has 0 aliphatic carbocycles. The summed E-state index contributed by atoms with van der Waals surface area (Å²) in [5, 5.41) is 11.4. The lowest BCUT2D eigenvalue weighted by Crippen LogP contribution is -2.05. The van der Waals surface area contributed by atoms with E-state index in [9.17, 15) is 4.79 Å². The first-order chi connectivity index (χ1) is 12.2. The zero-order chi connectivity index (χ0) is 18.2. The molecule has 2 heterocycles. The number of hydroxylamine groups is 1. The van der Waals surface area contributed by atoms with Crippen LogP contribution in [0.4, 0.5) is 5.69 Å². The van der Waals surface area contributed by atoms with Crippen LogP contribution in [0, 0.1) is 11.8 Å². The summed E-state index contributed by atoms with van der Waals surface area (Å²) in [6, 6.07) is 7.28. The molecule has 0 fully saturated rings. The summed E-state index contributed by atoms with van der Waals surface area (Å²) < 4.78 is 5.26. The lowest BCUT2D eigenvalue weighted by Gasteiger charge is -2.03. The van der Waals surface area contributed by atoms with E-state index < -0.39 is 0 Å². The van der Waals surface area contributed by atoms with Gasteiger partial charge in [-0.05, 0) is 24.3 Å². The Morgan fingerprint density at radius 1 is 1.32 bits per heavy atom. The van der Waals surface area contributed by atoms with Crippen molar-refractivity contribution in [2.45, 2.75) is 13.8 Å². The highest BCUT2D eigenvalue weighted by atomic mass is 16.5. The third-order valence-corrected chi connectivity index (χ3v) is 3.46. The molecule has 0 unspecified atom stereocenters. The van der Waals surface area contributed by atoms with E-state index in [2.05, 4.69) is 22.1 Å². The minimum absolute atomic E-state index is 0.147. The van der Waals surface area contributed by atoms with Crippen molar-refractivity contribution in [2.75, 3.05) is 19.0 Å². The summed E-state index contributed by atoms with van der Waals surface area (Å²) in [6.07, 6.45) is 3.49. The summed E-state index contributed by atoms with van der Waals surface area (Å²) >= 11 is 0. The van der Waals surface area contributed by atoms with Gasteiger partial charge in [0.15, 0.2) is 0 Å². The molecular weight excluding hydrogens is 318 g/mol. The van der Waals surface area contributed by atoms with Crippen molar-refractivity contribution in [1.29, 1.82) is 0 Å². The summed E-state index contributed by atoms with van der Waals surface area (Å²) in [5.74, 6) is 6.22. The van der Waals surface area contributed by atoms with E-state index >= 15 is 0 Å². The highest BCUT2D eigenvalue weighted by molar-refractivity contribution is 6.35. The van der Waals surface area contributed by atoms with E-state index in [1.54, 1.807) is 25.4 Å². The number of H-pyrrole nitrogens is 1. The summed E-state index contributed by atoms with van der Waals surface area (Å²) in [5.41, 5.74) is 5.40. The maximum Gasteiger partial charge on any atom is 0.256 e. The van der Waals surface area contributed by atoms with Crippen molar-refractivity contribution < 1.29 is 14.7 Å². The molecule has 0 saturated heterocycles. The predicted octanol–water partition coefficient (Wildman–Crippen LogP) is 2.87. The largest absolute Gasteiger partial charge is 0.495 e. The first-order valence-corrected chi connectivity index (χ1v) is 7.98. The molecule has 0 radical (unpaired) electrons. The number of ether oxygens (including phenoxy) is 1. The number of anilines is 1. The van der Waals surface area contributed by atoms with Gasteiger partial charge in [0.25, 0.3) is 5.91 Å². The Morgan fingerprint density at radius 2 is 2.12 bits per heavy atom. The van der Waals surface area contributed by atoms with Crippen LogP contribution in [0.15, 0.2) is 30.5 Å². The van der Waals surface area contributed by atoms with Gasteiger partial charge in [0.2, 0.25) is 0 Å². The fraction of sp³-hybridized carbons (Fsp3) is 0.211. The molecule has 3 rings (SSSR count). The first-order valence-electron chi connectivity index (χ1n) is 7.98. The minimum Gasteiger partial charge on any atom is -0.495 e. The number of carbonyl (C=O) groups is 1. The van der Waals surface area contributed by atoms with Crippen LogP contribution < -0.4 is 15.5 Å². The van der Waals surface area contributed by atoms with Crippen LogP contribution in [-0.2, 0) is 4.79 Å². The van der Waals surface area contributed by atoms with E-state index in [0.29, 0.717) is 22.6 Å². The number of hydrogen-bond donors (Lipinski definition) is 4. The Balaban J connectivity index is 0.00000109. The van der Waals surface area contributed by atoms with Gasteiger partial charge in [0.1, 0.15) is 5.75 Å². The first kappa shape index (κ1) is 18.3. The predicted molar refractivity (Wildman–Crippen MR) is 98.3 cm³/mol. The molecule has 1 aromatic heterocycles. The van der Waals surface area contributed by atoms with E-state index in [-0.39, 0.29) is 12.5 Å². The van der Waals surface area contributed by atoms with Crippen molar-refractivity contribution in [3.05, 3.63) is 47.3 Å². The van der Waals surface area contributed by atoms with E-state index in [1.807, 2.05) is 37.5 Å². The van der Waals surface area contributed by atoms with Gasteiger partial charge in [-0.3, -0.25) is 4.79 Å². The number of hydrogen-bond acceptors (Lipinski definition) is 4. The third kappa shape index (κ3) is 3.91. The molecule has 1 aromatic carbocycles. The molecule has 1 aliphatic heterocycles. The molecule has 4 N–H and O–H groups in total. The van der Waals surface area contributed by atoms with E-state index in [4.69, 9.17) is 9.94 Å². The lowest BCUT2D eigenvalue weighted by atomic mass is 9.99. The quantitative estimate of drug-likeness (QED) is 0.393. The number of aromatic amines is 1. The van der Waals surface area contributed by atoms with Crippen molar-refractivity contribution in [3.8, 4) is 17.6 Å². The van der Waals surface area contributed by atoms with Gasteiger partial charge in [-0.1, -0.05) is 31.8 Å². The van der Waals surface area contributed by atoms with E-state index in [1.165, 1.54) is 0 Å². The van der Waals surface area contributed by atoms with Gasteiger partial charge in [-0.25, -0.2) is 0 Å². The van der Waals surface area contributed by atoms with E-state index in [0.717, 1.165) is 11.3 Å². The molecule has 1 amide bonds. The topological polar surface area (TPSA) is 86.4 Å². The fourth-order valence-corrected chi connectivity index (χ4v) is 2.47. The maximum absolute atomic E-state index is 12.3. The van der Waals surface area contributed by atoms with Gasteiger partial charge in [-0.15, -0.1) is 0 Å². The highest BCUT2D eigenvalue weighted by Gasteiger charge is 2.26. The van der Waals surface area contributed by atoms with Crippen molar-refractivity contribution in [2.24, 2.45) is 0 Å². The van der Waals surface area contributed by atoms with Crippen LogP contribution in [0.5, 0.6) is 5.75 Å². The van der Waals surface area contributed by atoms with Crippen molar-refractivity contribution >= 4 is 23.2 Å². The Hall–Kier alpha value is -3.01. The van der Waals surface area contributed by atoms with Gasteiger partial charge >= 0.3 is 0 Å². The standard InChI is InChI=1S/C17H15N3O3.C2H6/c1-23-15-7-9-18-14(15)10-12-16-11(5-3-8-19-22)4-2-6-13(16)20-17(12)21;1-2/h2,4,6-7,9-10,18-19,22H,8H2,1H3,(H,20,21);1-2H3/b12-10-;. The van der Waals surface area contributed by atoms with Crippen LogP contribution in [0.1, 0.15) is 30.7 Å². The zero-order valence-corrected chi connectivity index (χ0v) is 14.4. The molecule has 130 valence electrons. The van der Waals surface area contributed by atoms with Gasteiger partial charge in [0.05, 0.1) is 30.6 Å². The second-order valence-corrected chi connectivity index (χ2v) is 4.84. The second kappa shape index (κ2) is 8.73. The number of fused-ring (bicyclic) bond motifs is 1. The molecule has 0 bridgehead atoms. The Labute approximate surface area is 146 Å². The number of nitrogens with one attached hydrogen (secondary N) is 3. The molecule has 0 atom stereocenters. The molecule has 1 aliphatic rings. The Kier molecular flexibility index (Phi) is 6.40. The summed E-state index contributed by atoms with van der Waals surface area (Å²) in [4.78, 5) is 15.4. The number of rotatable bonds is 3. The summed E-state index contributed by atoms with van der Waals surface area (Å²) in [7, 11) is 1.58. The minimum atomic E-state index is -0.189. The monoisotopic (exact) mass is 339 g/mol. The number of carbonyl (C=O) groups excluding carboxylic acids is 1. The van der Waals surface area contributed by atoms with Gasteiger partial charge < -0.3 is 20.2 Å². The summed E-state index contributed by atoms with van der Waals surface area (Å²) in [6.45, 7) is 4.15. The maximum atomic E-state index is 12.3. The van der Waals surface area contributed by atoms with Crippen molar-refractivity contribution in [1.82, 2.24) is 10.5 Å². The zero-order valence-electron chi connectivity index (χ0n) is 14.4. The number of methoxy groups -OCH3 is 1. The van der Waals surface area contributed by atoms with Crippen LogP contribution in [0.2, 0.25) is 0 Å². The smallest absolute Gasteiger partial charge is 0.256 e. The average Bonchev–Trinajstić information content (AvgIpc) is 3.22. The molecule has 0 spiro atoms. The van der Waals surface area contributed by atoms with Crippen LogP contribution in [-0.4, -0.2) is 29.8 Å². The molecular formula is C19H21N3O3. The molecule has 6 nitrogen and oxygen atoms in total. The van der Waals surface area contributed by atoms with Crippen molar-refractivity contribution in [3.63, 3.8) is 0 Å². The molecule has 25 heavy (non-hydrogen) atoms. The third-order valence-electron chi connectivity index (χ3n) is 3.46. The van der Waals surface area contributed by atoms with Gasteiger partial charge in [-0.2, -0.15) is 5.48 Å². The number of benzene rings is 1. The van der Waals surface area contributed by atoms with Crippen LogP contribution in [0.3, 0.4) is 0 Å². The number of aromatic nitrogens is 1. The number of amides is 1. The molecule has 2 aromatic rings. The normalized spacial score (nSPS) is 13.3. The second-order valence-electron chi connectivity index (χ2n) is 4.84. The molecule has 0 saturated carbocycles. The average molecular weight is 339 g/mol. The molecule has 6 heteroatoms. The van der Waals surface area contributed by atoms with Crippen LogP contribution >= 0.6 is 0 Å².